The quantitative estimate of drug-likeness (QED) is 0.611. The number of hydrogen-bond donors (Lipinski definition) is 1. The van der Waals surface area contributed by atoms with Gasteiger partial charge in [-0.15, -0.1) is 0 Å². The van der Waals surface area contributed by atoms with Crippen LogP contribution in [0, 0.1) is 6.92 Å². The zero-order chi connectivity index (χ0) is 21.9. The van der Waals surface area contributed by atoms with Crippen LogP contribution in [-0.2, 0) is 4.74 Å². The van der Waals surface area contributed by atoms with Gasteiger partial charge < -0.3 is 19.7 Å². The van der Waals surface area contributed by atoms with Gasteiger partial charge in [0, 0.05) is 62.8 Å². The third-order valence-electron chi connectivity index (χ3n) is 6.43. The number of nitrogens with zero attached hydrogens (tertiary/aromatic N) is 3. The van der Waals surface area contributed by atoms with Crippen LogP contribution in [0.4, 0.5) is 11.4 Å². The minimum atomic E-state index is 0.0680. The lowest BCUT2D eigenvalue weighted by atomic mass is 10.0. The molecule has 6 heteroatoms. The highest BCUT2D eigenvalue weighted by Gasteiger charge is 2.21. The summed E-state index contributed by atoms with van der Waals surface area (Å²) in [5.74, 6) is 0.848. The van der Waals surface area contributed by atoms with E-state index < -0.39 is 0 Å². The van der Waals surface area contributed by atoms with E-state index in [9.17, 15) is 0 Å². The molecule has 166 valence electrons. The first kappa shape index (κ1) is 20.8. The van der Waals surface area contributed by atoms with Crippen molar-refractivity contribution in [2.45, 2.75) is 19.4 Å². The number of aryl methyl sites for hydroxylation is 1. The zero-order valence-electron chi connectivity index (χ0n) is 18.8. The maximum atomic E-state index is 5.84. The topological polar surface area (TPSA) is 49.9 Å². The number of hydrogen-bond acceptors (Lipinski definition) is 6. The smallest absolute Gasteiger partial charge is 0.150 e. The first-order valence-corrected chi connectivity index (χ1v) is 11.3. The third kappa shape index (κ3) is 4.29. The SMILES string of the molecule is COC(CCN1CCN(c2cccc3nc(C)ccc23)CC1)c1ccc2c(c1)NC=CO2. The minimum Gasteiger partial charge on any atom is -0.461 e. The molecular formula is C26H30N4O2. The van der Waals surface area contributed by atoms with Crippen LogP contribution in [0.1, 0.15) is 23.8 Å². The van der Waals surface area contributed by atoms with E-state index >= 15 is 0 Å². The van der Waals surface area contributed by atoms with E-state index in [0.29, 0.717) is 0 Å². The monoisotopic (exact) mass is 430 g/mol. The third-order valence-corrected chi connectivity index (χ3v) is 6.43. The van der Waals surface area contributed by atoms with Gasteiger partial charge in [-0.25, -0.2) is 0 Å². The van der Waals surface area contributed by atoms with Crippen molar-refractivity contribution in [3.8, 4) is 5.75 Å². The van der Waals surface area contributed by atoms with E-state index in [1.165, 1.54) is 16.6 Å². The average molecular weight is 431 g/mol. The number of piperazine rings is 1. The fourth-order valence-electron chi connectivity index (χ4n) is 4.64. The normalized spacial score (nSPS) is 17.0. The highest BCUT2D eigenvalue weighted by atomic mass is 16.5. The first-order chi connectivity index (χ1) is 15.7. The van der Waals surface area contributed by atoms with Crippen LogP contribution >= 0.6 is 0 Å². The molecule has 2 aromatic carbocycles. The Labute approximate surface area is 189 Å². The van der Waals surface area contributed by atoms with Gasteiger partial charge >= 0.3 is 0 Å². The molecule has 0 saturated carbocycles. The number of rotatable bonds is 6. The van der Waals surface area contributed by atoms with Crippen LogP contribution in [-0.4, -0.2) is 49.7 Å². The maximum Gasteiger partial charge on any atom is 0.150 e. The Morgan fingerprint density at radius 1 is 1.09 bits per heavy atom. The molecule has 1 saturated heterocycles. The molecule has 1 fully saturated rings. The van der Waals surface area contributed by atoms with Gasteiger partial charge in [0.2, 0.25) is 0 Å². The van der Waals surface area contributed by atoms with Gasteiger partial charge in [-0.2, -0.15) is 0 Å². The van der Waals surface area contributed by atoms with Gasteiger partial charge in [-0.05, 0) is 55.3 Å². The van der Waals surface area contributed by atoms with Gasteiger partial charge in [0.15, 0.2) is 0 Å². The molecule has 0 amide bonds. The summed E-state index contributed by atoms with van der Waals surface area (Å²) in [4.78, 5) is 9.73. The van der Waals surface area contributed by atoms with Crippen LogP contribution < -0.4 is 15.0 Å². The lowest BCUT2D eigenvalue weighted by molar-refractivity contribution is 0.0822. The molecular weight excluding hydrogens is 400 g/mol. The van der Waals surface area contributed by atoms with Crippen LogP contribution in [0.25, 0.3) is 10.9 Å². The van der Waals surface area contributed by atoms with Crippen molar-refractivity contribution in [3.05, 3.63) is 72.3 Å². The van der Waals surface area contributed by atoms with E-state index in [1.54, 1.807) is 19.6 Å². The van der Waals surface area contributed by atoms with Crippen molar-refractivity contribution in [3.63, 3.8) is 0 Å². The second-order valence-corrected chi connectivity index (χ2v) is 8.46. The lowest BCUT2D eigenvalue weighted by Gasteiger charge is -2.37. The van der Waals surface area contributed by atoms with Crippen LogP contribution in [0.15, 0.2) is 61.0 Å². The molecule has 1 N–H and O–H groups in total. The summed E-state index contributed by atoms with van der Waals surface area (Å²) >= 11 is 0. The van der Waals surface area contributed by atoms with E-state index in [1.807, 2.05) is 13.0 Å². The molecule has 2 aliphatic rings. The van der Waals surface area contributed by atoms with Crippen molar-refractivity contribution in [1.82, 2.24) is 9.88 Å². The highest BCUT2D eigenvalue weighted by Crippen LogP contribution is 2.33. The largest absolute Gasteiger partial charge is 0.461 e. The first-order valence-electron chi connectivity index (χ1n) is 11.3. The molecule has 0 radical (unpaired) electrons. The summed E-state index contributed by atoms with van der Waals surface area (Å²) in [7, 11) is 1.79. The minimum absolute atomic E-state index is 0.0680. The molecule has 3 heterocycles. The summed E-state index contributed by atoms with van der Waals surface area (Å²) in [6, 6.07) is 17.0. The molecule has 1 atom stereocenters. The maximum absolute atomic E-state index is 5.84. The van der Waals surface area contributed by atoms with E-state index in [0.717, 1.165) is 61.8 Å². The number of aromatic nitrogens is 1. The number of pyridine rings is 1. The van der Waals surface area contributed by atoms with E-state index in [-0.39, 0.29) is 6.10 Å². The van der Waals surface area contributed by atoms with Crippen molar-refractivity contribution in [2.24, 2.45) is 0 Å². The second-order valence-electron chi connectivity index (χ2n) is 8.46. The number of anilines is 2. The van der Waals surface area contributed by atoms with Crippen LogP contribution in [0.5, 0.6) is 5.75 Å². The van der Waals surface area contributed by atoms with Crippen molar-refractivity contribution < 1.29 is 9.47 Å². The van der Waals surface area contributed by atoms with Crippen LogP contribution in [0.2, 0.25) is 0 Å². The molecule has 32 heavy (non-hydrogen) atoms. The summed E-state index contributed by atoms with van der Waals surface area (Å²) in [5, 5.41) is 4.48. The van der Waals surface area contributed by atoms with Crippen molar-refractivity contribution in [1.29, 1.82) is 0 Å². The predicted octanol–water partition coefficient (Wildman–Crippen LogP) is 4.72. The highest BCUT2D eigenvalue weighted by molar-refractivity contribution is 5.92. The van der Waals surface area contributed by atoms with Gasteiger partial charge in [0.05, 0.1) is 17.3 Å². The van der Waals surface area contributed by atoms with Gasteiger partial charge in [0.1, 0.15) is 12.0 Å². The number of ether oxygens (including phenoxy) is 2. The molecule has 6 nitrogen and oxygen atoms in total. The Morgan fingerprint density at radius 3 is 2.81 bits per heavy atom. The fraction of sp³-hybridized carbons (Fsp3) is 0.346. The van der Waals surface area contributed by atoms with E-state index in [2.05, 4.69) is 57.6 Å². The van der Waals surface area contributed by atoms with Gasteiger partial charge in [-0.3, -0.25) is 9.88 Å². The Hall–Kier alpha value is -3.09. The Bertz CT molecular complexity index is 1120. The second kappa shape index (κ2) is 9.18. The fourth-order valence-corrected chi connectivity index (χ4v) is 4.64. The molecule has 5 rings (SSSR count). The molecule has 0 aliphatic carbocycles. The van der Waals surface area contributed by atoms with Gasteiger partial charge in [0.25, 0.3) is 0 Å². The van der Waals surface area contributed by atoms with E-state index in [4.69, 9.17) is 14.5 Å². The molecule has 1 aromatic heterocycles. The van der Waals surface area contributed by atoms with Crippen molar-refractivity contribution >= 4 is 22.3 Å². The number of fused-ring (bicyclic) bond motifs is 2. The molecule has 0 spiro atoms. The Kier molecular flexibility index (Phi) is 5.97. The zero-order valence-corrected chi connectivity index (χ0v) is 18.8. The molecule has 1 unspecified atom stereocenters. The number of methoxy groups -OCH3 is 1. The van der Waals surface area contributed by atoms with Crippen LogP contribution in [0.3, 0.4) is 0 Å². The Morgan fingerprint density at radius 2 is 1.97 bits per heavy atom. The summed E-state index contributed by atoms with van der Waals surface area (Å²) in [5.41, 5.74) is 5.59. The summed E-state index contributed by atoms with van der Waals surface area (Å²) in [6.07, 6.45) is 4.49. The summed E-state index contributed by atoms with van der Waals surface area (Å²) < 4.78 is 11.4. The number of nitrogens with one attached hydrogen (secondary N) is 1. The Balaban J connectivity index is 1.19. The molecule has 3 aromatic rings. The average Bonchev–Trinajstić information content (AvgIpc) is 2.84. The van der Waals surface area contributed by atoms with Gasteiger partial charge in [-0.1, -0.05) is 12.1 Å². The molecule has 2 aliphatic heterocycles. The van der Waals surface area contributed by atoms with Crippen molar-refractivity contribution in [2.75, 3.05) is 50.1 Å². The molecule has 0 bridgehead atoms. The summed E-state index contributed by atoms with van der Waals surface area (Å²) in [6.45, 7) is 7.22. The predicted molar refractivity (Wildman–Crippen MR) is 129 cm³/mol. The lowest BCUT2D eigenvalue weighted by Crippen LogP contribution is -2.46. The standard InChI is InChI=1S/C26H30N4O2/c1-19-6-8-21-22(28-19)4-3-5-24(21)30-15-13-29(14-16-30)12-10-25(31-2)20-7-9-26-23(18-20)27-11-17-32-26/h3-9,11,17-18,25,27H,10,12-16H2,1-2H3. The number of benzene rings is 2.